The molecule has 0 saturated heterocycles. The Bertz CT molecular complexity index is 304. The second-order valence-corrected chi connectivity index (χ2v) is 6.80. The van der Waals surface area contributed by atoms with Crippen molar-refractivity contribution >= 4 is 6.09 Å². The van der Waals surface area contributed by atoms with Crippen molar-refractivity contribution in [1.29, 1.82) is 0 Å². The third-order valence-corrected chi connectivity index (χ3v) is 3.16. The van der Waals surface area contributed by atoms with Crippen molar-refractivity contribution in [2.45, 2.75) is 65.1 Å². The number of amides is 1. The first-order valence-electron chi connectivity index (χ1n) is 8.13. The summed E-state index contributed by atoms with van der Waals surface area (Å²) in [5.74, 6) is 0. The van der Waals surface area contributed by atoms with E-state index in [-0.39, 0.29) is 18.2 Å². The Labute approximate surface area is 135 Å². The number of carbonyl (C=O) groups excluding carboxylic acids is 1. The average molecular weight is 317 g/mol. The highest BCUT2D eigenvalue weighted by molar-refractivity contribution is 5.68. The van der Waals surface area contributed by atoms with Gasteiger partial charge in [-0.1, -0.05) is 0 Å². The molecule has 0 heterocycles. The largest absolute Gasteiger partial charge is 0.444 e. The van der Waals surface area contributed by atoms with E-state index in [2.05, 4.69) is 5.32 Å². The molecule has 6 nitrogen and oxygen atoms in total. The van der Waals surface area contributed by atoms with Gasteiger partial charge in [-0.3, -0.25) is 0 Å². The molecule has 0 aromatic heterocycles. The number of carbonyl (C=O) groups is 1. The summed E-state index contributed by atoms with van der Waals surface area (Å²) in [4.78, 5) is 13.9. The lowest BCUT2D eigenvalue weighted by Gasteiger charge is -2.30. The standard InChI is InChI=1S/C16H35N3O3/c1-13(2)19(15(20)22-16(3,4)5)11-10-18-14(12-21-6)8-7-9-17/h13-14,18H,7-12,17H2,1-6H3. The fourth-order valence-electron chi connectivity index (χ4n) is 2.08. The van der Waals surface area contributed by atoms with Crippen molar-refractivity contribution < 1.29 is 14.3 Å². The SMILES string of the molecule is COCC(CCCN)NCCN(C(=O)OC(C)(C)C)C(C)C. The number of ether oxygens (including phenoxy) is 2. The van der Waals surface area contributed by atoms with Gasteiger partial charge in [0.25, 0.3) is 0 Å². The Morgan fingerprint density at radius 3 is 2.41 bits per heavy atom. The van der Waals surface area contributed by atoms with Gasteiger partial charge in [0.1, 0.15) is 5.60 Å². The van der Waals surface area contributed by atoms with Crippen molar-refractivity contribution in [1.82, 2.24) is 10.2 Å². The molecule has 0 aromatic carbocycles. The minimum Gasteiger partial charge on any atom is -0.444 e. The average Bonchev–Trinajstić information content (AvgIpc) is 2.37. The van der Waals surface area contributed by atoms with Gasteiger partial charge in [0.15, 0.2) is 0 Å². The molecule has 0 aromatic rings. The smallest absolute Gasteiger partial charge is 0.410 e. The first-order valence-corrected chi connectivity index (χ1v) is 8.13. The summed E-state index contributed by atoms with van der Waals surface area (Å²) in [6.45, 7) is 12.3. The van der Waals surface area contributed by atoms with Crippen molar-refractivity contribution in [2.75, 3.05) is 33.4 Å². The number of nitrogens with one attached hydrogen (secondary N) is 1. The molecule has 0 saturated carbocycles. The first-order chi connectivity index (χ1) is 10.2. The van der Waals surface area contributed by atoms with Crippen LogP contribution >= 0.6 is 0 Å². The van der Waals surface area contributed by atoms with Gasteiger partial charge in [0, 0.05) is 32.3 Å². The van der Waals surface area contributed by atoms with Gasteiger partial charge in [0.2, 0.25) is 0 Å². The molecule has 1 atom stereocenters. The first kappa shape index (κ1) is 21.1. The van der Waals surface area contributed by atoms with Crippen molar-refractivity contribution in [2.24, 2.45) is 5.73 Å². The summed E-state index contributed by atoms with van der Waals surface area (Å²) in [6, 6.07) is 0.364. The summed E-state index contributed by atoms with van der Waals surface area (Å²) in [7, 11) is 1.69. The number of nitrogens with zero attached hydrogens (tertiary/aromatic N) is 1. The van der Waals surface area contributed by atoms with Crippen LogP contribution in [0, 0.1) is 0 Å². The number of methoxy groups -OCH3 is 1. The lowest BCUT2D eigenvalue weighted by atomic mass is 10.1. The van der Waals surface area contributed by atoms with Crippen LogP contribution < -0.4 is 11.1 Å². The van der Waals surface area contributed by atoms with Gasteiger partial charge < -0.3 is 25.4 Å². The normalized spacial score (nSPS) is 13.3. The lowest BCUT2D eigenvalue weighted by Crippen LogP contribution is -2.46. The maximum Gasteiger partial charge on any atom is 0.410 e. The van der Waals surface area contributed by atoms with Crippen LogP contribution in [-0.2, 0) is 9.47 Å². The van der Waals surface area contributed by atoms with Crippen molar-refractivity contribution in [3.63, 3.8) is 0 Å². The molecule has 0 spiro atoms. The number of hydrogen-bond donors (Lipinski definition) is 2. The van der Waals surface area contributed by atoms with E-state index in [1.165, 1.54) is 0 Å². The second kappa shape index (κ2) is 10.8. The van der Waals surface area contributed by atoms with Crippen LogP contribution in [0.3, 0.4) is 0 Å². The monoisotopic (exact) mass is 317 g/mol. The van der Waals surface area contributed by atoms with E-state index in [1.807, 2.05) is 34.6 Å². The van der Waals surface area contributed by atoms with Crippen LogP contribution in [0.5, 0.6) is 0 Å². The quantitative estimate of drug-likeness (QED) is 0.644. The van der Waals surface area contributed by atoms with Crippen molar-refractivity contribution in [3.8, 4) is 0 Å². The third kappa shape index (κ3) is 9.97. The van der Waals surface area contributed by atoms with Gasteiger partial charge in [-0.05, 0) is 54.0 Å². The predicted octanol–water partition coefficient (Wildman–Crippen LogP) is 1.98. The topological polar surface area (TPSA) is 76.8 Å². The summed E-state index contributed by atoms with van der Waals surface area (Å²) in [5.41, 5.74) is 5.08. The van der Waals surface area contributed by atoms with Crippen LogP contribution in [0.25, 0.3) is 0 Å². The molecule has 1 amide bonds. The predicted molar refractivity (Wildman–Crippen MR) is 90.0 cm³/mol. The maximum absolute atomic E-state index is 12.2. The van der Waals surface area contributed by atoms with Crippen LogP contribution in [0.4, 0.5) is 4.79 Å². The van der Waals surface area contributed by atoms with E-state index in [0.29, 0.717) is 26.2 Å². The van der Waals surface area contributed by atoms with Gasteiger partial charge in [-0.25, -0.2) is 4.79 Å². The molecule has 0 bridgehead atoms. The summed E-state index contributed by atoms with van der Waals surface area (Å²) in [6.07, 6.45) is 1.66. The molecule has 0 aliphatic rings. The zero-order valence-corrected chi connectivity index (χ0v) is 15.1. The highest BCUT2D eigenvalue weighted by atomic mass is 16.6. The van der Waals surface area contributed by atoms with E-state index in [1.54, 1.807) is 12.0 Å². The summed E-state index contributed by atoms with van der Waals surface area (Å²) >= 11 is 0. The Hall–Kier alpha value is -0.850. The molecule has 132 valence electrons. The molecule has 1 unspecified atom stereocenters. The van der Waals surface area contributed by atoms with E-state index in [0.717, 1.165) is 12.8 Å². The van der Waals surface area contributed by atoms with Gasteiger partial charge in [-0.2, -0.15) is 0 Å². The summed E-state index contributed by atoms with van der Waals surface area (Å²) < 4.78 is 10.7. The molecule has 22 heavy (non-hydrogen) atoms. The molecule has 0 fully saturated rings. The van der Waals surface area contributed by atoms with Crippen molar-refractivity contribution in [3.05, 3.63) is 0 Å². The van der Waals surface area contributed by atoms with Gasteiger partial charge >= 0.3 is 6.09 Å². The van der Waals surface area contributed by atoms with Gasteiger partial charge in [-0.15, -0.1) is 0 Å². The zero-order chi connectivity index (χ0) is 17.2. The molecule has 0 aliphatic heterocycles. The van der Waals surface area contributed by atoms with E-state index in [4.69, 9.17) is 15.2 Å². The van der Waals surface area contributed by atoms with E-state index in [9.17, 15) is 4.79 Å². The van der Waals surface area contributed by atoms with Gasteiger partial charge in [0.05, 0.1) is 6.61 Å². The molecule has 6 heteroatoms. The molecule has 0 aliphatic carbocycles. The number of rotatable bonds is 10. The summed E-state index contributed by atoms with van der Waals surface area (Å²) in [5, 5.41) is 3.43. The van der Waals surface area contributed by atoms with E-state index >= 15 is 0 Å². The minimum atomic E-state index is -0.475. The minimum absolute atomic E-state index is 0.0987. The maximum atomic E-state index is 12.2. The van der Waals surface area contributed by atoms with Crippen LogP contribution in [0.2, 0.25) is 0 Å². The molecular formula is C16H35N3O3. The molecule has 0 radical (unpaired) electrons. The third-order valence-electron chi connectivity index (χ3n) is 3.16. The Morgan fingerprint density at radius 2 is 1.95 bits per heavy atom. The Morgan fingerprint density at radius 1 is 1.32 bits per heavy atom. The van der Waals surface area contributed by atoms with Crippen LogP contribution in [0.1, 0.15) is 47.5 Å². The number of hydrogen-bond acceptors (Lipinski definition) is 5. The highest BCUT2D eigenvalue weighted by Gasteiger charge is 2.23. The van der Waals surface area contributed by atoms with Crippen LogP contribution in [-0.4, -0.2) is 62.0 Å². The fraction of sp³-hybridized carbons (Fsp3) is 0.938. The van der Waals surface area contributed by atoms with Crippen LogP contribution in [0.15, 0.2) is 0 Å². The highest BCUT2D eigenvalue weighted by Crippen LogP contribution is 2.11. The molecule has 0 rings (SSSR count). The second-order valence-electron chi connectivity index (χ2n) is 6.80. The number of nitrogens with two attached hydrogens (primary N) is 1. The fourth-order valence-corrected chi connectivity index (χ4v) is 2.08. The molecule has 3 N–H and O–H groups in total. The molecular weight excluding hydrogens is 282 g/mol. The van der Waals surface area contributed by atoms with E-state index < -0.39 is 5.60 Å². The zero-order valence-electron chi connectivity index (χ0n) is 15.1. The Kier molecular flexibility index (Phi) is 10.4. The lowest BCUT2D eigenvalue weighted by molar-refractivity contribution is 0.0190. The Balaban J connectivity index is 4.36.